The molecule has 0 radical (unpaired) electrons. The number of hydrogen-bond acceptors (Lipinski definition) is 2. The van der Waals surface area contributed by atoms with Gasteiger partial charge in [-0.1, -0.05) is 17.7 Å². The zero-order valence-corrected chi connectivity index (χ0v) is 10.4. The minimum atomic E-state index is -0.645. The molecule has 6 heteroatoms. The topological polar surface area (TPSA) is 60.9 Å². The van der Waals surface area contributed by atoms with E-state index in [9.17, 15) is 9.18 Å². The zero-order chi connectivity index (χ0) is 13.3. The van der Waals surface area contributed by atoms with Gasteiger partial charge in [-0.05, 0) is 24.1 Å². The molecule has 2 aromatic rings. The summed E-state index contributed by atoms with van der Waals surface area (Å²) in [4.78, 5) is 15.1. The predicted molar refractivity (Wildman–Crippen MR) is 66.2 cm³/mol. The molecule has 1 amide bonds. The van der Waals surface area contributed by atoms with Crippen molar-refractivity contribution in [3.05, 3.63) is 52.3 Å². The van der Waals surface area contributed by atoms with E-state index in [4.69, 9.17) is 17.3 Å². The zero-order valence-electron chi connectivity index (χ0n) is 9.65. The van der Waals surface area contributed by atoms with Crippen LogP contribution >= 0.6 is 11.6 Å². The second-order valence-corrected chi connectivity index (χ2v) is 4.33. The standard InChI is InChI=1S/C12H11ClFN3O/c1-7-4-8(10(14)6-9(7)13)5-11-16-2-3-17(11)12(15)18/h2-4,6H,5H2,1H3,(H2,15,18). The first-order valence-electron chi connectivity index (χ1n) is 5.25. The number of aromatic nitrogens is 2. The number of hydrogen-bond donors (Lipinski definition) is 1. The largest absolute Gasteiger partial charge is 0.351 e. The summed E-state index contributed by atoms with van der Waals surface area (Å²) < 4.78 is 14.9. The van der Waals surface area contributed by atoms with Crippen molar-refractivity contribution in [3.8, 4) is 0 Å². The Balaban J connectivity index is 2.37. The quantitative estimate of drug-likeness (QED) is 0.909. The van der Waals surface area contributed by atoms with E-state index in [0.29, 0.717) is 16.4 Å². The van der Waals surface area contributed by atoms with Crippen molar-refractivity contribution in [2.24, 2.45) is 5.73 Å². The fourth-order valence-electron chi connectivity index (χ4n) is 1.69. The molecule has 18 heavy (non-hydrogen) atoms. The molecule has 0 bridgehead atoms. The van der Waals surface area contributed by atoms with Crippen LogP contribution in [0.25, 0.3) is 0 Å². The first kappa shape index (κ1) is 12.6. The summed E-state index contributed by atoms with van der Waals surface area (Å²) in [6, 6.07) is 2.25. The minimum absolute atomic E-state index is 0.180. The maximum atomic E-state index is 13.7. The molecule has 0 atom stereocenters. The number of amides is 1. The summed E-state index contributed by atoms with van der Waals surface area (Å²) in [5.41, 5.74) is 6.36. The summed E-state index contributed by atoms with van der Waals surface area (Å²) in [6.07, 6.45) is 3.07. The van der Waals surface area contributed by atoms with Crippen molar-refractivity contribution < 1.29 is 9.18 Å². The van der Waals surface area contributed by atoms with E-state index < -0.39 is 11.8 Å². The van der Waals surface area contributed by atoms with Crippen LogP contribution in [-0.2, 0) is 6.42 Å². The second kappa shape index (κ2) is 4.78. The van der Waals surface area contributed by atoms with E-state index >= 15 is 0 Å². The van der Waals surface area contributed by atoms with Crippen LogP contribution in [0, 0.1) is 12.7 Å². The Kier molecular flexibility index (Phi) is 3.34. The summed E-state index contributed by atoms with van der Waals surface area (Å²) >= 11 is 5.81. The lowest BCUT2D eigenvalue weighted by Gasteiger charge is -2.07. The average Bonchev–Trinajstić information content (AvgIpc) is 2.74. The highest BCUT2D eigenvalue weighted by Gasteiger charge is 2.12. The molecule has 0 aliphatic carbocycles. The van der Waals surface area contributed by atoms with Crippen LogP contribution in [0.2, 0.25) is 5.02 Å². The van der Waals surface area contributed by atoms with E-state index in [1.807, 2.05) is 0 Å². The Morgan fingerprint density at radius 2 is 2.28 bits per heavy atom. The second-order valence-electron chi connectivity index (χ2n) is 3.92. The van der Waals surface area contributed by atoms with Gasteiger partial charge in [0.25, 0.3) is 0 Å². The molecule has 2 rings (SSSR count). The first-order chi connectivity index (χ1) is 8.49. The Morgan fingerprint density at radius 3 is 2.94 bits per heavy atom. The number of imidazole rings is 1. The summed E-state index contributed by atoms with van der Waals surface area (Å²) in [6.45, 7) is 1.78. The number of carbonyl (C=O) groups excluding carboxylic acids is 1. The van der Waals surface area contributed by atoms with Gasteiger partial charge in [0.2, 0.25) is 0 Å². The number of carbonyl (C=O) groups is 1. The van der Waals surface area contributed by atoms with E-state index in [2.05, 4.69) is 4.98 Å². The highest BCUT2D eigenvalue weighted by molar-refractivity contribution is 6.31. The third-order valence-corrected chi connectivity index (χ3v) is 3.04. The van der Waals surface area contributed by atoms with Gasteiger partial charge in [-0.25, -0.2) is 14.2 Å². The van der Waals surface area contributed by atoms with Crippen LogP contribution in [-0.4, -0.2) is 15.6 Å². The highest BCUT2D eigenvalue weighted by Crippen LogP contribution is 2.21. The lowest BCUT2D eigenvalue weighted by Crippen LogP contribution is -2.21. The van der Waals surface area contributed by atoms with Crippen molar-refractivity contribution in [1.82, 2.24) is 9.55 Å². The third kappa shape index (κ3) is 2.36. The number of halogens is 2. The van der Waals surface area contributed by atoms with E-state index in [1.165, 1.54) is 23.0 Å². The number of rotatable bonds is 2. The summed E-state index contributed by atoms with van der Waals surface area (Å²) in [5, 5.41) is 0.370. The van der Waals surface area contributed by atoms with Crippen molar-refractivity contribution in [2.45, 2.75) is 13.3 Å². The molecule has 0 unspecified atom stereocenters. The normalized spacial score (nSPS) is 10.6. The molecule has 0 aliphatic rings. The number of aryl methyl sites for hydroxylation is 1. The van der Waals surface area contributed by atoms with Crippen molar-refractivity contribution >= 4 is 17.6 Å². The minimum Gasteiger partial charge on any atom is -0.351 e. The average molecular weight is 268 g/mol. The number of primary amides is 1. The predicted octanol–water partition coefficient (Wildman–Crippen LogP) is 2.50. The summed E-state index contributed by atoms with van der Waals surface area (Å²) in [5.74, 6) is -0.0345. The summed E-state index contributed by atoms with van der Waals surface area (Å²) in [7, 11) is 0. The van der Waals surface area contributed by atoms with Gasteiger partial charge < -0.3 is 5.73 Å². The number of nitrogens with zero attached hydrogens (tertiary/aromatic N) is 2. The molecule has 1 aromatic carbocycles. The molecule has 0 fully saturated rings. The number of benzene rings is 1. The molecule has 4 nitrogen and oxygen atoms in total. The number of nitrogens with two attached hydrogens (primary N) is 1. The van der Waals surface area contributed by atoms with Crippen molar-refractivity contribution in [2.75, 3.05) is 0 Å². The first-order valence-corrected chi connectivity index (χ1v) is 5.63. The van der Waals surface area contributed by atoms with Crippen LogP contribution in [0.4, 0.5) is 9.18 Å². The smallest absolute Gasteiger partial charge is 0.324 e. The van der Waals surface area contributed by atoms with Gasteiger partial charge in [0.15, 0.2) is 0 Å². The lowest BCUT2D eigenvalue weighted by molar-refractivity contribution is 0.249. The van der Waals surface area contributed by atoms with Gasteiger partial charge in [0, 0.05) is 23.8 Å². The Hall–Kier alpha value is -1.88. The maximum Gasteiger partial charge on any atom is 0.324 e. The molecule has 1 aromatic heterocycles. The van der Waals surface area contributed by atoms with Crippen molar-refractivity contribution in [1.29, 1.82) is 0 Å². The van der Waals surface area contributed by atoms with Crippen LogP contribution in [0.3, 0.4) is 0 Å². The third-order valence-electron chi connectivity index (χ3n) is 2.63. The molecule has 0 saturated heterocycles. The molecule has 1 heterocycles. The van der Waals surface area contributed by atoms with Gasteiger partial charge in [-0.15, -0.1) is 0 Å². The molecule has 0 spiro atoms. The Morgan fingerprint density at radius 1 is 1.56 bits per heavy atom. The van der Waals surface area contributed by atoms with Crippen molar-refractivity contribution in [3.63, 3.8) is 0 Å². The van der Waals surface area contributed by atoms with Gasteiger partial charge in [0.05, 0.1) is 0 Å². The van der Waals surface area contributed by atoms with Crippen LogP contribution in [0.1, 0.15) is 17.0 Å². The Bertz CT molecular complexity index is 609. The van der Waals surface area contributed by atoms with Gasteiger partial charge in [-0.2, -0.15) is 0 Å². The monoisotopic (exact) mass is 267 g/mol. The molecule has 2 N–H and O–H groups in total. The molecular formula is C12H11ClFN3O. The van der Waals surface area contributed by atoms with Crippen LogP contribution in [0.5, 0.6) is 0 Å². The van der Waals surface area contributed by atoms with Gasteiger partial charge in [-0.3, -0.25) is 4.57 Å². The van der Waals surface area contributed by atoms with E-state index in [0.717, 1.165) is 5.56 Å². The fraction of sp³-hybridized carbons (Fsp3) is 0.167. The Labute approximate surface area is 108 Å². The molecule has 94 valence electrons. The molecule has 0 aliphatic heterocycles. The van der Waals surface area contributed by atoms with Gasteiger partial charge in [0.1, 0.15) is 11.6 Å². The van der Waals surface area contributed by atoms with Crippen LogP contribution < -0.4 is 5.73 Å². The molecule has 0 saturated carbocycles. The highest BCUT2D eigenvalue weighted by atomic mass is 35.5. The fourth-order valence-corrected chi connectivity index (χ4v) is 1.84. The maximum absolute atomic E-state index is 13.7. The lowest BCUT2D eigenvalue weighted by atomic mass is 10.1. The van der Waals surface area contributed by atoms with Crippen LogP contribution in [0.15, 0.2) is 24.5 Å². The van der Waals surface area contributed by atoms with Gasteiger partial charge >= 0.3 is 6.03 Å². The SMILES string of the molecule is Cc1cc(Cc2nccn2C(N)=O)c(F)cc1Cl. The van der Waals surface area contributed by atoms with E-state index in [-0.39, 0.29) is 6.42 Å². The molecular weight excluding hydrogens is 257 g/mol. The van der Waals surface area contributed by atoms with E-state index in [1.54, 1.807) is 13.0 Å².